The zero-order valence-electron chi connectivity index (χ0n) is 12.0. The first-order valence-electron chi connectivity index (χ1n) is 6.94. The maximum atomic E-state index is 9.25. The van der Waals surface area contributed by atoms with Gasteiger partial charge in [-0.15, -0.1) is 0 Å². The number of aliphatic hydroxyl groups excluding tert-OH is 1. The van der Waals surface area contributed by atoms with E-state index in [1.807, 2.05) is 6.07 Å². The molecule has 0 fully saturated rings. The number of aromatic nitrogens is 2. The lowest BCUT2D eigenvalue weighted by Crippen LogP contribution is -2.13. The van der Waals surface area contributed by atoms with E-state index in [-0.39, 0.29) is 12.6 Å². The molecule has 0 spiro atoms. The Balaban J connectivity index is 2.15. The normalized spacial score (nSPS) is 12.4. The van der Waals surface area contributed by atoms with Crippen LogP contribution in [0, 0.1) is 0 Å². The first kappa shape index (κ1) is 14.5. The molecular formula is C16H21N3O. The molecule has 0 aliphatic carbocycles. The lowest BCUT2D eigenvalue weighted by Gasteiger charge is -2.19. The van der Waals surface area contributed by atoms with Crippen LogP contribution in [0.3, 0.4) is 0 Å². The Morgan fingerprint density at radius 3 is 2.35 bits per heavy atom. The summed E-state index contributed by atoms with van der Waals surface area (Å²) in [6, 6.07) is 10.4. The summed E-state index contributed by atoms with van der Waals surface area (Å²) in [5.74, 6) is 1.29. The SMILES string of the molecule is CC(C)c1ccc([C@H](CCO)Nc2ccncn2)cc1. The van der Waals surface area contributed by atoms with Crippen molar-refractivity contribution in [2.24, 2.45) is 0 Å². The molecule has 1 atom stereocenters. The van der Waals surface area contributed by atoms with Gasteiger partial charge in [0.2, 0.25) is 0 Å². The van der Waals surface area contributed by atoms with Gasteiger partial charge in [0.05, 0.1) is 6.04 Å². The molecule has 2 rings (SSSR count). The van der Waals surface area contributed by atoms with Crippen molar-refractivity contribution in [1.82, 2.24) is 9.97 Å². The monoisotopic (exact) mass is 271 g/mol. The molecule has 2 aromatic rings. The summed E-state index contributed by atoms with van der Waals surface area (Å²) in [5.41, 5.74) is 2.47. The predicted octanol–water partition coefficient (Wildman–Crippen LogP) is 3.14. The van der Waals surface area contributed by atoms with Gasteiger partial charge in [-0.25, -0.2) is 9.97 Å². The Kier molecular flexibility index (Phi) is 5.07. The van der Waals surface area contributed by atoms with Crippen molar-refractivity contribution in [2.75, 3.05) is 11.9 Å². The molecule has 4 nitrogen and oxygen atoms in total. The lowest BCUT2D eigenvalue weighted by atomic mass is 9.98. The molecule has 4 heteroatoms. The Morgan fingerprint density at radius 1 is 1.10 bits per heavy atom. The summed E-state index contributed by atoms with van der Waals surface area (Å²) in [7, 11) is 0. The fourth-order valence-corrected chi connectivity index (χ4v) is 2.12. The summed E-state index contributed by atoms with van der Waals surface area (Å²) >= 11 is 0. The summed E-state index contributed by atoms with van der Waals surface area (Å²) < 4.78 is 0. The molecule has 0 amide bonds. The zero-order valence-corrected chi connectivity index (χ0v) is 12.0. The van der Waals surface area contributed by atoms with E-state index in [0.29, 0.717) is 12.3 Å². The summed E-state index contributed by atoms with van der Waals surface area (Å²) in [6.45, 7) is 4.49. The smallest absolute Gasteiger partial charge is 0.129 e. The largest absolute Gasteiger partial charge is 0.396 e. The van der Waals surface area contributed by atoms with E-state index in [9.17, 15) is 5.11 Å². The molecule has 0 bridgehead atoms. The Hall–Kier alpha value is -1.94. The molecule has 1 aromatic carbocycles. The van der Waals surface area contributed by atoms with E-state index in [0.717, 1.165) is 11.4 Å². The van der Waals surface area contributed by atoms with E-state index in [2.05, 4.69) is 53.4 Å². The highest BCUT2D eigenvalue weighted by molar-refractivity contribution is 5.37. The minimum absolute atomic E-state index is 0.0520. The molecular weight excluding hydrogens is 250 g/mol. The quantitative estimate of drug-likeness (QED) is 0.847. The highest BCUT2D eigenvalue weighted by atomic mass is 16.3. The Morgan fingerprint density at radius 2 is 1.80 bits per heavy atom. The third kappa shape index (κ3) is 3.78. The average molecular weight is 271 g/mol. The molecule has 1 aromatic heterocycles. The lowest BCUT2D eigenvalue weighted by molar-refractivity contribution is 0.280. The first-order chi connectivity index (χ1) is 9.70. The topological polar surface area (TPSA) is 58.0 Å². The van der Waals surface area contributed by atoms with Crippen LogP contribution in [0.2, 0.25) is 0 Å². The number of hydrogen-bond donors (Lipinski definition) is 2. The Bertz CT molecular complexity index is 511. The Labute approximate surface area is 119 Å². The van der Waals surface area contributed by atoms with Crippen LogP contribution in [0.5, 0.6) is 0 Å². The number of rotatable bonds is 6. The van der Waals surface area contributed by atoms with Crippen molar-refractivity contribution < 1.29 is 5.11 Å². The molecule has 2 N–H and O–H groups in total. The number of benzene rings is 1. The van der Waals surface area contributed by atoms with Crippen molar-refractivity contribution in [3.05, 3.63) is 54.0 Å². The van der Waals surface area contributed by atoms with Crippen LogP contribution in [0.4, 0.5) is 5.82 Å². The van der Waals surface area contributed by atoms with Gasteiger partial charge in [0.15, 0.2) is 0 Å². The first-order valence-corrected chi connectivity index (χ1v) is 6.94. The number of anilines is 1. The maximum absolute atomic E-state index is 9.25. The molecule has 0 unspecified atom stereocenters. The van der Waals surface area contributed by atoms with Crippen molar-refractivity contribution in [3.63, 3.8) is 0 Å². The van der Waals surface area contributed by atoms with Gasteiger partial charge in [-0.2, -0.15) is 0 Å². The number of nitrogens with one attached hydrogen (secondary N) is 1. The third-order valence-electron chi connectivity index (χ3n) is 3.33. The number of aliphatic hydroxyl groups is 1. The minimum atomic E-state index is 0.0520. The highest BCUT2D eigenvalue weighted by Gasteiger charge is 2.12. The molecule has 0 aliphatic rings. The van der Waals surface area contributed by atoms with Gasteiger partial charge >= 0.3 is 0 Å². The summed E-state index contributed by atoms with van der Waals surface area (Å²) in [6.07, 6.45) is 3.86. The van der Waals surface area contributed by atoms with Crippen LogP contribution in [0.1, 0.15) is 43.4 Å². The van der Waals surface area contributed by atoms with Crippen molar-refractivity contribution in [3.8, 4) is 0 Å². The number of nitrogens with zero attached hydrogens (tertiary/aromatic N) is 2. The molecule has 0 aliphatic heterocycles. The standard InChI is InChI=1S/C16H21N3O/c1-12(2)13-3-5-14(6-4-13)15(8-10-20)19-16-7-9-17-11-18-16/h3-7,9,11-12,15,20H,8,10H2,1-2H3,(H,17,18,19)/t15-/m0/s1. The van der Waals surface area contributed by atoms with E-state index >= 15 is 0 Å². The van der Waals surface area contributed by atoms with Crippen molar-refractivity contribution >= 4 is 5.82 Å². The van der Waals surface area contributed by atoms with Crippen molar-refractivity contribution in [2.45, 2.75) is 32.2 Å². The second kappa shape index (κ2) is 7.01. The third-order valence-corrected chi connectivity index (χ3v) is 3.33. The predicted molar refractivity (Wildman–Crippen MR) is 80.6 cm³/mol. The van der Waals surface area contributed by atoms with E-state index in [4.69, 9.17) is 0 Å². The fraction of sp³-hybridized carbons (Fsp3) is 0.375. The zero-order chi connectivity index (χ0) is 14.4. The van der Waals surface area contributed by atoms with Crippen LogP contribution in [-0.4, -0.2) is 21.7 Å². The second-order valence-corrected chi connectivity index (χ2v) is 5.13. The van der Waals surface area contributed by atoms with Crippen LogP contribution in [-0.2, 0) is 0 Å². The highest BCUT2D eigenvalue weighted by Crippen LogP contribution is 2.23. The second-order valence-electron chi connectivity index (χ2n) is 5.13. The van der Waals surface area contributed by atoms with Crippen LogP contribution in [0.15, 0.2) is 42.9 Å². The van der Waals surface area contributed by atoms with Crippen LogP contribution >= 0.6 is 0 Å². The summed E-state index contributed by atoms with van der Waals surface area (Å²) in [4.78, 5) is 8.07. The van der Waals surface area contributed by atoms with Gasteiger partial charge in [0, 0.05) is 12.8 Å². The molecule has 20 heavy (non-hydrogen) atoms. The van der Waals surface area contributed by atoms with Crippen LogP contribution in [0.25, 0.3) is 0 Å². The average Bonchev–Trinajstić information content (AvgIpc) is 2.48. The van der Waals surface area contributed by atoms with E-state index in [1.54, 1.807) is 6.20 Å². The molecule has 0 saturated heterocycles. The van der Waals surface area contributed by atoms with Gasteiger partial charge in [-0.05, 0) is 29.5 Å². The minimum Gasteiger partial charge on any atom is -0.396 e. The van der Waals surface area contributed by atoms with Gasteiger partial charge in [-0.1, -0.05) is 38.1 Å². The maximum Gasteiger partial charge on any atom is 0.129 e. The van der Waals surface area contributed by atoms with Gasteiger partial charge in [0.25, 0.3) is 0 Å². The molecule has 0 radical (unpaired) electrons. The van der Waals surface area contributed by atoms with Gasteiger partial charge in [0.1, 0.15) is 12.1 Å². The van der Waals surface area contributed by atoms with E-state index < -0.39 is 0 Å². The van der Waals surface area contributed by atoms with Gasteiger partial charge in [-0.3, -0.25) is 0 Å². The molecule has 0 saturated carbocycles. The van der Waals surface area contributed by atoms with Crippen LogP contribution < -0.4 is 5.32 Å². The molecule has 1 heterocycles. The number of hydrogen-bond acceptors (Lipinski definition) is 4. The molecule has 106 valence electrons. The van der Waals surface area contributed by atoms with E-state index in [1.165, 1.54) is 11.9 Å². The van der Waals surface area contributed by atoms with Gasteiger partial charge < -0.3 is 10.4 Å². The van der Waals surface area contributed by atoms with Crippen molar-refractivity contribution in [1.29, 1.82) is 0 Å². The summed E-state index contributed by atoms with van der Waals surface area (Å²) in [5, 5.41) is 12.6. The fourth-order valence-electron chi connectivity index (χ4n) is 2.12.